The molecular weight excluding hydrogens is 320 g/mol. The van der Waals surface area contributed by atoms with E-state index in [-0.39, 0.29) is 6.79 Å². The number of benzene rings is 1. The van der Waals surface area contributed by atoms with Crippen molar-refractivity contribution in [3.63, 3.8) is 0 Å². The number of amides is 1. The Morgan fingerprint density at radius 2 is 2.16 bits per heavy atom. The number of hydrogen-bond donors (Lipinski definition) is 1. The van der Waals surface area contributed by atoms with Gasteiger partial charge in [-0.1, -0.05) is 6.92 Å². The van der Waals surface area contributed by atoms with Gasteiger partial charge >= 0.3 is 0 Å². The van der Waals surface area contributed by atoms with E-state index >= 15 is 0 Å². The summed E-state index contributed by atoms with van der Waals surface area (Å²) in [6.45, 7) is 4.94. The molecule has 0 radical (unpaired) electrons. The molecule has 2 aliphatic heterocycles. The molecule has 4 rings (SSSR count). The van der Waals surface area contributed by atoms with Gasteiger partial charge in [0, 0.05) is 31.6 Å². The van der Waals surface area contributed by atoms with E-state index in [9.17, 15) is 4.79 Å². The van der Waals surface area contributed by atoms with Crippen molar-refractivity contribution in [1.29, 1.82) is 0 Å². The lowest BCUT2D eigenvalue weighted by atomic mass is 9.93. The zero-order valence-electron chi connectivity index (χ0n) is 14.9. The predicted molar refractivity (Wildman–Crippen MR) is 92.8 cm³/mol. The van der Waals surface area contributed by atoms with E-state index in [0.29, 0.717) is 35.3 Å². The minimum Gasteiger partial charge on any atom is -0.493 e. The third kappa shape index (κ3) is 3.40. The predicted octanol–water partition coefficient (Wildman–Crippen LogP) is 2.16. The molecule has 1 N–H and O–H groups in total. The van der Waals surface area contributed by atoms with Gasteiger partial charge in [-0.3, -0.25) is 4.79 Å². The molecule has 2 fully saturated rings. The highest BCUT2D eigenvalue weighted by Crippen LogP contribution is 2.41. The van der Waals surface area contributed by atoms with Crippen molar-refractivity contribution in [2.75, 3.05) is 27.0 Å². The fourth-order valence-electron chi connectivity index (χ4n) is 3.77. The smallest absolute Gasteiger partial charge is 0.231 e. The summed E-state index contributed by atoms with van der Waals surface area (Å²) in [6, 6.07) is 4.42. The number of rotatable bonds is 5. The number of carbonyl (C=O) groups is 1. The number of methoxy groups -OCH3 is 1. The molecule has 1 saturated heterocycles. The van der Waals surface area contributed by atoms with Gasteiger partial charge in [0.05, 0.1) is 7.11 Å². The van der Waals surface area contributed by atoms with Crippen molar-refractivity contribution in [1.82, 2.24) is 10.2 Å². The summed E-state index contributed by atoms with van der Waals surface area (Å²) >= 11 is 0. The number of nitrogens with zero attached hydrogens (tertiary/aromatic N) is 1. The Labute approximate surface area is 148 Å². The van der Waals surface area contributed by atoms with Crippen molar-refractivity contribution < 1.29 is 19.0 Å². The molecule has 0 aromatic heterocycles. The van der Waals surface area contributed by atoms with Gasteiger partial charge in [0.1, 0.15) is 0 Å². The maximum Gasteiger partial charge on any atom is 0.231 e. The first kappa shape index (κ1) is 16.5. The first-order valence-corrected chi connectivity index (χ1v) is 9.14. The van der Waals surface area contributed by atoms with Crippen LogP contribution in [0.2, 0.25) is 0 Å². The molecule has 136 valence electrons. The fraction of sp³-hybridized carbons (Fsp3) is 0.632. The van der Waals surface area contributed by atoms with Gasteiger partial charge < -0.3 is 24.4 Å². The molecule has 2 unspecified atom stereocenters. The molecule has 2 atom stereocenters. The van der Waals surface area contributed by atoms with Crippen molar-refractivity contribution in [2.24, 2.45) is 11.8 Å². The van der Waals surface area contributed by atoms with Crippen molar-refractivity contribution in [3.8, 4) is 17.2 Å². The van der Waals surface area contributed by atoms with Gasteiger partial charge in [0.25, 0.3) is 0 Å². The van der Waals surface area contributed by atoms with Crippen LogP contribution in [0.5, 0.6) is 17.2 Å². The zero-order chi connectivity index (χ0) is 17.4. The van der Waals surface area contributed by atoms with Gasteiger partial charge in [0.2, 0.25) is 18.4 Å². The second kappa shape index (κ2) is 6.75. The number of hydrogen-bond acceptors (Lipinski definition) is 5. The van der Waals surface area contributed by atoms with Crippen LogP contribution < -0.4 is 19.5 Å². The molecule has 25 heavy (non-hydrogen) atoms. The molecule has 0 bridgehead atoms. The normalized spacial score (nSPS) is 25.1. The number of likely N-dealkylation sites (tertiary alicyclic amines) is 1. The summed E-state index contributed by atoms with van der Waals surface area (Å²) in [6.07, 6.45) is 3.16. The number of carbonyl (C=O) groups excluding carboxylic acids is 1. The lowest BCUT2D eigenvalue weighted by Crippen LogP contribution is -2.50. The van der Waals surface area contributed by atoms with E-state index in [0.717, 1.165) is 50.2 Å². The summed E-state index contributed by atoms with van der Waals surface area (Å²) in [7, 11) is 1.64. The average molecular weight is 346 g/mol. The molecule has 1 saturated carbocycles. The summed E-state index contributed by atoms with van der Waals surface area (Å²) in [4.78, 5) is 14.3. The third-order valence-electron chi connectivity index (χ3n) is 5.43. The number of piperidine rings is 1. The largest absolute Gasteiger partial charge is 0.493 e. The Morgan fingerprint density at radius 3 is 2.88 bits per heavy atom. The highest BCUT2D eigenvalue weighted by molar-refractivity contribution is 5.81. The second-order valence-corrected chi connectivity index (χ2v) is 7.34. The standard InChI is InChI=1S/C19H26N2O4/c1-12-10-21(19(22)14-3-4-14)6-5-15(12)20-9-13-7-16(23-2)18-17(8-13)24-11-25-18/h7-8,12,14-15,20H,3-6,9-11H2,1-2H3. The Bertz CT molecular complexity index is 659. The van der Waals surface area contributed by atoms with E-state index in [1.807, 2.05) is 12.1 Å². The number of fused-ring (bicyclic) bond motifs is 1. The highest BCUT2D eigenvalue weighted by Gasteiger charge is 2.36. The summed E-state index contributed by atoms with van der Waals surface area (Å²) in [5.74, 6) is 3.28. The highest BCUT2D eigenvalue weighted by atomic mass is 16.7. The summed E-state index contributed by atoms with van der Waals surface area (Å²) in [5, 5.41) is 3.64. The fourth-order valence-corrected chi connectivity index (χ4v) is 3.77. The van der Waals surface area contributed by atoms with Crippen molar-refractivity contribution >= 4 is 5.91 Å². The Morgan fingerprint density at radius 1 is 1.32 bits per heavy atom. The second-order valence-electron chi connectivity index (χ2n) is 7.34. The van der Waals surface area contributed by atoms with Gasteiger partial charge in [-0.05, 0) is 42.9 Å². The number of nitrogens with one attached hydrogen (secondary N) is 1. The lowest BCUT2D eigenvalue weighted by Gasteiger charge is -2.37. The summed E-state index contributed by atoms with van der Waals surface area (Å²) in [5.41, 5.74) is 1.12. The van der Waals surface area contributed by atoms with E-state index in [4.69, 9.17) is 14.2 Å². The molecule has 6 heteroatoms. The molecule has 0 spiro atoms. The maximum atomic E-state index is 12.2. The monoisotopic (exact) mass is 346 g/mol. The molecule has 1 amide bonds. The van der Waals surface area contributed by atoms with E-state index in [1.54, 1.807) is 7.11 Å². The Balaban J connectivity index is 1.35. The van der Waals surface area contributed by atoms with Crippen LogP contribution in [0.4, 0.5) is 0 Å². The van der Waals surface area contributed by atoms with Crippen molar-refractivity contribution in [2.45, 2.75) is 38.8 Å². The average Bonchev–Trinajstić information content (AvgIpc) is 3.36. The first-order chi connectivity index (χ1) is 12.2. The molecular formula is C19H26N2O4. The minimum absolute atomic E-state index is 0.243. The van der Waals surface area contributed by atoms with Gasteiger partial charge in [-0.2, -0.15) is 0 Å². The van der Waals surface area contributed by atoms with Crippen LogP contribution in [0.15, 0.2) is 12.1 Å². The number of ether oxygens (including phenoxy) is 3. The third-order valence-corrected chi connectivity index (χ3v) is 5.43. The van der Waals surface area contributed by atoms with Crippen molar-refractivity contribution in [3.05, 3.63) is 17.7 Å². The quantitative estimate of drug-likeness (QED) is 0.885. The molecule has 2 heterocycles. The topological polar surface area (TPSA) is 60.0 Å². The van der Waals surface area contributed by atoms with Crippen LogP contribution in [0.3, 0.4) is 0 Å². The van der Waals surface area contributed by atoms with E-state index in [2.05, 4.69) is 17.1 Å². The van der Waals surface area contributed by atoms with Gasteiger partial charge in [-0.25, -0.2) is 0 Å². The summed E-state index contributed by atoms with van der Waals surface area (Å²) < 4.78 is 16.3. The van der Waals surface area contributed by atoms with Gasteiger partial charge in [0.15, 0.2) is 11.5 Å². The molecule has 3 aliphatic rings. The maximum absolute atomic E-state index is 12.2. The van der Waals surface area contributed by atoms with Crippen LogP contribution in [0.25, 0.3) is 0 Å². The van der Waals surface area contributed by atoms with E-state index in [1.165, 1.54) is 0 Å². The van der Waals surface area contributed by atoms with Crippen LogP contribution in [0, 0.1) is 11.8 Å². The zero-order valence-corrected chi connectivity index (χ0v) is 14.9. The minimum atomic E-state index is 0.243. The Kier molecular flexibility index (Phi) is 4.46. The Hall–Kier alpha value is -1.95. The SMILES string of the molecule is COc1cc(CNC2CCN(C(=O)C3CC3)CC2C)cc2c1OCO2. The lowest BCUT2D eigenvalue weighted by molar-refractivity contribution is -0.134. The van der Waals surface area contributed by atoms with Crippen LogP contribution in [0.1, 0.15) is 31.7 Å². The van der Waals surface area contributed by atoms with E-state index < -0.39 is 0 Å². The molecule has 1 aromatic rings. The molecule has 6 nitrogen and oxygen atoms in total. The molecule has 1 aliphatic carbocycles. The van der Waals surface area contributed by atoms with Crippen LogP contribution in [-0.2, 0) is 11.3 Å². The first-order valence-electron chi connectivity index (χ1n) is 9.14. The van der Waals surface area contributed by atoms with Crippen LogP contribution >= 0.6 is 0 Å². The van der Waals surface area contributed by atoms with Crippen LogP contribution in [-0.4, -0.2) is 43.8 Å². The van der Waals surface area contributed by atoms with Gasteiger partial charge in [-0.15, -0.1) is 0 Å². The molecule has 1 aromatic carbocycles.